The second-order valence-corrected chi connectivity index (χ2v) is 6.60. The smallest absolute Gasteiger partial charge is 0.330 e. The molecule has 0 fully saturated rings. The van der Waals surface area contributed by atoms with E-state index in [2.05, 4.69) is 40.7 Å². The van der Waals surface area contributed by atoms with Gasteiger partial charge in [0.25, 0.3) is 0 Å². The lowest BCUT2D eigenvalue weighted by molar-refractivity contribution is -0.136. The second-order valence-electron chi connectivity index (χ2n) is 6.60. The highest BCUT2D eigenvalue weighted by Crippen LogP contribution is 2.15. The summed E-state index contributed by atoms with van der Waals surface area (Å²) < 4.78 is 5.22. The fourth-order valence-corrected chi connectivity index (χ4v) is 2.15. The lowest BCUT2D eigenvalue weighted by Gasteiger charge is -2.10. The van der Waals surface area contributed by atoms with Crippen molar-refractivity contribution in [2.45, 2.75) is 79.6 Å². The first kappa shape index (κ1) is 21.7. The van der Waals surface area contributed by atoms with Gasteiger partial charge in [0.1, 0.15) is 6.61 Å². The Morgan fingerprint density at radius 3 is 2.39 bits per heavy atom. The van der Waals surface area contributed by atoms with Crippen molar-refractivity contribution >= 4 is 5.97 Å². The monoisotopic (exact) mass is 320 g/mol. The van der Waals surface area contributed by atoms with Crippen LogP contribution in [0.3, 0.4) is 0 Å². The van der Waals surface area contributed by atoms with E-state index in [0.717, 1.165) is 19.3 Å². The molecule has 0 aliphatic rings. The Bertz CT molecular complexity index is 398. The molecule has 0 radical (unpaired) electrons. The van der Waals surface area contributed by atoms with Crippen LogP contribution in [-0.4, -0.2) is 12.6 Å². The van der Waals surface area contributed by atoms with Crippen LogP contribution in [0.4, 0.5) is 0 Å². The van der Waals surface area contributed by atoms with Gasteiger partial charge in [-0.05, 0) is 52.0 Å². The number of allylic oxidation sites excluding steroid dienone is 4. The van der Waals surface area contributed by atoms with Crippen LogP contribution in [0.15, 0.2) is 35.5 Å². The Balaban J connectivity index is 3.87. The molecule has 0 aromatic carbocycles. The molecule has 0 aliphatic carbocycles. The summed E-state index contributed by atoms with van der Waals surface area (Å²) in [7, 11) is 0. The van der Waals surface area contributed by atoms with Crippen LogP contribution in [0.25, 0.3) is 0 Å². The summed E-state index contributed by atoms with van der Waals surface area (Å²) in [5.41, 5.74) is 2.62. The molecule has 23 heavy (non-hydrogen) atoms. The average Bonchev–Trinajstić information content (AvgIpc) is 2.51. The van der Waals surface area contributed by atoms with E-state index in [4.69, 9.17) is 4.74 Å². The van der Waals surface area contributed by atoms with Gasteiger partial charge in [-0.2, -0.15) is 0 Å². The van der Waals surface area contributed by atoms with Gasteiger partial charge in [0.2, 0.25) is 0 Å². The molecule has 0 spiro atoms. The standard InChI is InChI=1S/C21H36O2/c1-6-7-8-9-10-11-12-13-21(22)23-17-16-20(5)19(4)15-14-18(2)3/h12-14,16,19H,6-11,15,17H2,1-5H3/b13-12?,20-16+/t19-/m0/s1. The third kappa shape index (κ3) is 14.0. The first-order chi connectivity index (χ1) is 11.0. The Kier molecular flexibility index (Phi) is 13.5. The number of esters is 1. The van der Waals surface area contributed by atoms with Crippen LogP contribution < -0.4 is 0 Å². The van der Waals surface area contributed by atoms with E-state index in [1.807, 2.05) is 12.2 Å². The molecule has 2 nitrogen and oxygen atoms in total. The minimum atomic E-state index is -0.237. The Hall–Kier alpha value is -1.31. The number of carbonyl (C=O) groups is 1. The molecule has 0 bridgehead atoms. The van der Waals surface area contributed by atoms with Gasteiger partial charge in [0, 0.05) is 6.08 Å². The molecule has 0 saturated carbocycles. The lowest BCUT2D eigenvalue weighted by atomic mass is 9.98. The molecule has 132 valence electrons. The van der Waals surface area contributed by atoms with Crippen molar-refractivity contribution in [3.63, 3.8) is 0 Å². The highest BCUT2D eigenvalue weighted by molar-refractivity contribution is 5.81. The van der Waals surface area contributed by atoms with Crippen LogP contribution in [-0.2, 0) is 9.53 Å². The predicted molar refractivity (Wildman–Crippen MR) is 100 cm³/mol. The van der Waals surface area contributed by atoms with E-state index in [9.17, 15) is 4.79 Å². The quantitative estimate of drug-likeness (QED) is 0.180. The van der Waals surface area contributed by atoms with E-state index >= 15 is 0 Å². The normalized spacial score (nSPS) is 13.2. The second kappa shape index (κ2) is 14.3. The zero-order valence-electron chi connectivity index (χ0n) is 15.9. The summed E-state index contributed by atoms with van der Waals surface area (Å²) >= 11 is 0. The molecule has 0 heterocycles. The molecule has 2 heteroatoms. The Morgan fingerprint density at radius 1 is 1.04 bits per heavy atom. The summed E-state index contributed by atoms with van der Waals surface area (Å²) in [5.74, 6) is 0.252. The van der Waals surface area contributed by atoms with E-state index in [0.29, 0.717) is 12.5 Å². The van der Waals surface area contributed by atoms with Crippen molar-refractivity contribution in [1.29, 1.82) is 0 Å². The maximum atomic E-state index is 11.6. The fourth-order valence-electron chi connectivity index (χ4n) is 2.15. The zero-order chi connectivity index (χ0) is 17.5. The van der Waals surface area contributed by atoms with E-state index in [1.54, 1.807) is 6.08 Å². The van der Waals surface area contributed by atoms with Gasteiger partial charge in [-0.1, -0.05) is 62.8 Å². The van der Waals surface area contributed by atoms with Crippen molar-refractivity contribution in [2.24, 2.45) is 5.92 Å². The van der Waals surface area contributed by atoms with Gasteiger partial charge in [-0.25, -0.2) is 4.79 Å². The van der Waals surface area contributed by atoms with Crippen LogP contribution in [0.5, 0.6) is 0 Å². The van der Waals surface area contributed by atoms with E-state index < -0.39 is 0 Å². The largest absolute Gasteiger partial charge is 0.458 e. The van der Waals surface area contributed by atoms with Crippen molar-refractivity contribution in [2.75, 3.05) is 6.61 Å². The third-order valence-electron chi connectivity index (χ3n) is 4.02. The zero-order valence-corrected chi connectivity index (χ0v) is 15.9. The number of hydrogen-bond donors (Lipinski definition) is 0. The molecule has 0 rings (SSSR count). The first-order valence-corrected chi connectivity index (χ1v) is 9.10. The van der Waals surface area contributed by atoms with Gasteiger partial charge < -0.3 is 4.74 Å². The summed E-state index contributed by atoms with van der Waals surface area (Å²) in [4.78, 5) is 11.6. The summed E-state index contributed by atoms with van der Waals surface area (Å²) in [6.45, 7) is 11.1. The maximum Gasteiger partial charge on any atom is 0.330 e. The summed E-state index contributed by atoms with van der Waals surface area (Å²) in [6.07, 6.45) is 16.0. The van der Waals surface area contributed by atoms with Gasteiger partial charge in [-0.15, -0.1) is 0 Å². The maximum absolute atomic E-state index is 11.6. The number of hydrogen-bond acceptors (Lipinski definition) is 2. The van der Waals surface area contributed by atoms with Crippen molar-refractivity contribution in [3.8, 4) is 0 Å². The van der Waals surface area contributed by atoms with Crippen molar-refractivity contribution in [1.82, 2.24) is 0 Å². The number of unbranched alkanes of at least 4 members (excludes halogenated alkanes) is 5. The van der Waals surface area contributed by atoms with Crippen LogP contribution >= 0.6 is 0 Å². The Morgan fingerprint density at radius 2 is 1.74 bits per heavy atom. The van der Waals surface area contributed by atoms with Gasteiger partial charge >= 0.3 is 5.97 Å². The summed E-state index contributed by atoms with van der Waals surface area (Å²) in [5, 5.41) is 0. The highest BCUT2D eigenvalue weighted by atomic mass is 16.5. The fraction of sp³-hybridized carbons (Fsp3) is 0.667. The highest BCUT2D eigenvalue weighted by Gasteiger charge is 2.02. The first-order valence-electron chi connectivity index (χ1n) is 9.10. The minimum Gasteiger partial charge on any atom is -0.458 e. The molecule has 0 aromatic rings. The molecule has 0 aliphatic heterocycles. The average molecular weight is 321 g/mol. The van der Waals surface area contributed by atoms with Crippen molar-refractivity contribution in [3.05, 3.63) is 35.5 Å². The van der Waals surface area contributed by atoms with Crippen LogP contribution in [0.2, 0.25) is 0 Å². The minimum absolute atomic E-state index is 0.237. The number of carbonyl (C=O) groups excluding carboxylic acids is 1. The molecular weight excluding hydrogens is 284 g/mol. The van der Waals surface area contributed by atoms with E-state index in [-0.39, 0.29) is 5.97 Å². The van der Waals surface area contributed by atoms with Gasteiger partial charge in [0.15, 0.2) is 0 Å². The lowest BCUT2D eigenvalue weighted by Crippen LogP contribution is -2.02. The van der Waals surface area contributed by atoms with E-state index in [1.165, 1.54) is 36.8 Å². The molecule has 0 amide bonds. The molecule has 0 saturated heterocycles. The van der Waals surface area contributed by atoms with Crippen LogP contribution in [0.1, 0.15) is 79.6 Å². The van der Waals surface area contributed by atoms with Gasteiger partial charge in [-0.3, -0.25) is 0 Å². The SMILES string of the molecule is CCCCCCCC=CC(=O)OC/C=C(\C)[C@@H](C)CC=C(C)C. The summed E-state index contributed by atoms with van der Waals surface area (Å²) in [6, 6.07) is 0. The third-order valence-corrected chi connectivity index (χ3v) is 4.02. The molecule has 0 aromatic heterocycles. The molecular formula is C21H36O2. The topological polar surface area (TPSA) is 26.3 Å². The van der Waals surface area contributed by atoms with Crippen LogP contribution in [0, 0.1) is 5.92 Å². The molecule has 1 atom stereocenters. The number of ether oxygens (including phenoxy) is 1. The number of rotatable bonds is 12. The van der Waals surface area contributed by atoms with Crippen molar-refractivity contribution < 1.29 is 9.53 Å². The predicted octanol–water partition coefficient (Wildman–Crippen LogP) is 6.39. The Labute approximate surface area is 143 Å². The molecule has 0 N–H and O–H groups in total. The molecule has 0 unspecified atom stereocenters. The van der Waals surface area contributed by atoms with Gasteiger partial charge in [0.05, 0.1) is 0 Å².